The Kier molecular flexibility index (Phi) is 2.37. The summed E-state index contributed by atoms with van der Waals surface area (Å²) in [7, 11) is 0. The minimum atomic E-state index is -1.41. The van der Waals surface area contributed by atoms with E-state index in [0.29, 0.717) is 0 Å². The number of aromatic nitrogens is 2. The van der Waals surface area contributed by atoms with Gasteiger partial charge in [-0.05, 0) is 5.56 Å². The van der Waals surface area contributed by atoms with Crippen LogP contribution >= 0.6 is 0 Å². The molecular weight excluding hydrogens is 205 g/mol. The fourth-order valence-electron chi connectivity index (χ4n) is 1.23. The summed E-state index contributed by atoms with van der Waals surface area (Å²) in [6, 6.07) is 7.89. The molecule has 0 unspecified atom stereocenters. The molecule has 1 heterocycles. The molecule has 1 aromatic heterocycles. The van der Waals surface area contributed by atoms with Crippen LogP contribution in [0.3, 0.4) is 0 Å². The highest BCUT2D eigenvalue weighted by Gasteiger charge is 2.15. The summed E-state index contributed by atoms with van der Waals surface area (Å²) in [6.45, 7) is 0. The molecule has 0 aliphatic carbocycles. The molecule has 0 N–H and O–H groups in total. The molecule has 0 radical (unpaired) electrons. The lowest BCUT2D eigenvalue weighted by atomic mass is 10.1. The third kappa shape index (κ3) is 1.81. The van der Waals surface area contributed by atoms with Crippen molar-refractivity contribution in [3.63, 3.8) is 0 Å². The highest BCUT2D eigenvalue weighted by atomic mass is 19.2. The van der Waals surface area contributed by atoms with Crippen LogP contribution in [0.1, 0.15) is 0 Å². The van der Waals surface area contributed by atoms with Crippen molar-refractivity contribution in [2.24, 2.45) is 0 Å². The van der Waals surface area contributed by atoms with Crippen molar-refractivity contribution >= 4 is 0 Å². The van der Waals surface area contributed by atoms with Crippen molar-refractivity contribution in [2.75, 3.05) is 0 Å². The Labute approximate surface area is 83.4 Å². The first kappa shape index (κ1) is 9.64. The zero-order valence-corrected chi connectivity index (χ0v) is 7.42. The first-order valence-corrected chi connectivity index (χ1v) is 4.12. The molecule has 2 aromatic rings. The van der Waals surface area contributed by atoms with Crippen LogP contribution < -0.4 is 0 Å². The van der Waals surface area contributed by atoms with Gasteiger partial charge >= 0.3 is 6.08 Å². The van der Waals surface area contributed by atoms with Gasteiger partial charge in [0.1, 0.15) is 0 Å². The van der Waals surface area contributed by atoms with Gasteiger partial charge in [0.2, 0.25) is 11.9 Å². The van der Waals surface area contributed by atoms with E-state index in [-0.39, 0.29) is 5.56 Å². The average Bonchev–Trinajstić information content (AvgIpc) is 2.17. The minimum Gasteiger partial charge on any atom is -0.184 e. The van der Waals surface area contributed by atoms with E-state index in [0.717, 1.165) is 0 Å². The van der Waals surface area contributed by atoms with Crippen molar-refractivity contribution in [2.45, 2.75) is 0 Å². The quantitative estimate of drug-likeness (QED) is 0.534. The van der Waals surface area contributed by atoms with E-state index in [1.807, 2.05) is 0 Å². The van der Waals surface area contributed by atoms with Gasteiger partial charge < -0.3 is 0 Å². The molecule has 0 spiro atoms. The molecular formula is C10H5F3N2. The number of halogens is 3. The highest BCUT2D eigenvalue weighted by molar-refractivity contribution is 5.62. The van der Waals surface area contributed by atoms with Crippen molar-refractivity contribution in [1.82, 2.24) is 9.97 Å². The SMILES string of the molecule is Fc1nc(F)c(-c2ccccc2)c(F)n1. The Morgan fingerprint density at radius 2 is 1.33 bits per heavy atom. The first-order chi connectivity index (χ1) is 7.18. The van der Waals surface area contributed by atoms with E-state index in [1.54, 1.807) is 18.2 Å². The average molecular weight is 210 g/mol. The van der Waals surface area contributed by atoms with Crippen LogP contribution in [0, 0.1) is 18.0 Å². The summed E-state index contributed by atoms with van der Waals surface area (Å²) in [5, 5.41) is 0. The predicted molar refractivity (Wildman–Crippen MR) is 47.3 cm³/mol. The van der Waals surface area contributed by atoms with Crippen LogP contribution in [0.4, 0.5) is 13.2 Å². The summed E-state index contributed by atoms with van der Waals surface area (Å²) < 4.78 is 38.8. The normalized spacial score (nSPS) is 10.3. The maximum absolute atomic E-state index is 13.2. The standard InChI is InChI=1S/C10H5F3N2/c11-8-7(6-4-2-1-3-5-6)9(12)15-10(13)14-8/h1-5H. The smallest absolute Gasteiger partial charge is 0.184 e. The number of benzene rings is 1. The lowest BCUT2D eigenvalue weighted by molar-refractivity contribution is 0.443. The lowest BCUT2D eigenvalue weighted by Crippen LogP contribution is -2.01. The summed E-state index contributed by atoms with van der Waals surface area (Å²) in [5.41, 5.74) is -0.149. The van der Waals surface area contributed by atoms with Crippen LogP contribution in [0.5, 0.6) is 0 Å². The Morgan fingerprint density at radius 1 is 0.800 bits per heavy atom. The molecule has 0 amide bonds. The van der Waals surface area contributed by atoms with Gasteiger partial charge in [0.05, 0.1) is 5.56 Å². The fourth-order valence-corrected chi connectivity index (χ4v) is 1.23. The molecule has 0 saturated heterocycles. The molecule has 0 aliphatic rings. The number of rotatable bonds is 1. The first-order valence-electron chi connectivity index (χ1n) is 4.12. The maximum atomic E-state index is 13.2. The molecule has 1 aromatic carbocycles. The molecule has 5 heteroatoms. The Morgan fingerprint density at radius 3 is 1.87 bits per heavy atom. The monoisotopic (exact) mass is 210 g/mol. The van der Waals surface area contributed by atoms with Gasteiger partial charge in [-0.15, -0.1) is 0 Å². The molecule has 15 heavy (non-hydrogen) atoms. The molecule has 0 saturated carbocycles. The van der Waals surface area contributed by atoms with Crippen LogP contribution in [0.2, 0.25) is 0 Å². The largest absolute Gasteiger partial charge is 0.313 e. The van der Waals surface area contributed by atoms with E-state index in [2.05, 4.69) is 9.97 Å². The highest BCUT2D eigenvalue weighted by Crippen LogP contribution is 2.23. The second kappa shape index (κ2) is 3.68. The molecule has 0 atom stereocenters. The maximum Gasteiger partial charge on any atom is 0.313 e. The molecule has 2 nitrogen and oxygen atoms in total. The van der Waals surface area contributed by atoms with Crippen LogP contribution in [-0.4, -0.2) is 9.97 Å². The molecule has 0 bridgehead atoms. The van der Waals surface area contributed by atoms with Gasteiger partial charge in [-0.2, -0.15) is 23.1 Å². The van der Waals surface area contributed by atoms with Gasteiger partial charge in [-0.3, -0.25) is 0 Å². The van der Waals surface area contributed by atoms with Crippen molar-refractivity contribution in [1.29, 1.82) is 0 Å². The predicted octanol–water partition coefficient (Wildman–Crippen LogP) is 2.56. The Hall–Kier alpha value is -1.91. The Bertz CT molecular complexity index is 462. The van der Waals surface area contributed by atoms with E-state index in [1.165, 1.54) is 12.1 Å². The van der Waals surface area contributed by atoms with Crippen LogP contribution in [0.15, 0.2) is 30.3 Å². The van der Waals surface area contributed by atoms with Gasteiger partial charge in [0, 0.05) is 0 Å². The van der Waals surface area contributed by atoms with Gasteiger partial charge in [0.25, 0.3) is 0 Å². The van der Waals surface area contributed by atoms with E-state index in [4.69, 9.17) is 0 Å². The second-order valence-electron chi connectivity index (χ2n) is 2.82. The summed E-state index contributed by atoms with van der Waals surface area (Å²) in [4.78, 5) is 5.65. The summed E-state index contributed by atoms with van der Waals surface area (Å²) >= 11 is 0. The Balaban J connectivity index is 2.64. The third-order valence-corrected chi connectivity index (χ3v) is 1.86. The van der Waals surface area contributed by atoms with Crippen LogP contribution in [0.25, 0.3) is 11.1 Å². The van der Waals surface area contributed by atoms with E-state index < -0.39 is 23.5 Å². The zero-order chi connectivity index (χ0) is 10.8. The van der Waals surface area contributed by atoms with E-state index in [9.17, 15) is 13.2 Å². The summed E-state index contributed by atoms with van der Waals surface area (Å²) in [6.07, 6.45) is -1.41. The van der Waals surface area contributed by atoms with Crippen molar-refractivity contribution in [3.05, 3.63) is 48.3 Å². The third-order valence-electron chi connectivity index (χ3n) is 1.86. The summed E-state index contributed by atoms with van der Waals surface area (Å²) in [5.74, 6) is -2.41. The van der Waals surface area contributed by atoms with Crippen molar-refractivity contribution in [3.8, 4) is 11.1 Å². The second-order valence-corrected chi connectivity index (χ2v) is 2.82. The number of hydrogen-bond acceptors (Lipinski definition) is 2. The van der Waals surface area contributed by atoms with Gasteiger partial charge in [-0.25, -0.2) is 0 Å². The van der Waals surface area contributed by atoms with Crippen molar-refractivity contribution < 1.29 is 13.2 Å². The van der Waals surface area contributed by atoms with Gasteiger partial charge in [-0.1, -0.05) is 30.3 Å². The van der Waals surface area contributed by atoms with E-state index >= 15 is 0 Å². The minimum absolute atomic E-state index is 0.271. The molecule has 0 fully saturated rings. The number of nitrogens with zero attached hydrogens (tertiary/aromatic N) is 2. The molecule has 76 valence electrons. The lowest BCUT2D eigenvalue weighted by Gasteiger charge is -2.02. The molecule has 2 rings (SSSR count). The number of hydrogen-bond donors (Lipinski definition) is 0. The molecule has 0 aliphatic heterocycles. The fraction of sp³-hybridized carbons (Fsp3) is 0. The van der Waals surface area contributed by atoms with Gasteiger partial charge in [0.15, 0.2) is 0 Å². The zero-order valence-electron chi connectivity index (χ0n) is 7.42. The topological polar surface area (TPSA) is 25.8 Å². The van der Waals surface area contributed by atoms with Crippen LogP contribution in [-0.2, 0) is 0 Å².